The minimum absolute atomic E-state index is 0.321. The zero-order valence-corrected chi connectivity index (χ0v) is 8.84. The van der Waals surface area contributed by atoms with Crippen molar-refractivity contribution in [1.29, 1.82) is 0 Å². The first kappa shape index (κ1) is 12.9. The molecule has 3 nitrogen and oxygen atoms in total. The molecule has 6 N–H and O–H groups in total. The molecule has 0 saturated carbocycles. The van der Waals surface area contributed by atoms with E-state index in [-0.39, 0.29) is 0 Å². The fraction of sp³-hybridized carbons (Fsp3) is 1.00. The Bertz CT molecular complexity index is 106. The Balaban J connectivity index is 3.65. The van der Waals surface area contributed by atoms with Crippen LogP contribution in [0, 0.1) is 5.92 Å². The molecule has 2 atom stereocenters. The van der Waals surface area contributed by atoms with E-state index in [1.807, 2.05) is 0 Å². The molecule has 0 rings (SSSR count). The van der Waals surface area contributed by atoms with Crippen molar-refractivity contribution in [1.82, 2.24) is 0 Å². The summed E-state index contributed by atoms with van der Waals surface area (Å²) < 4.78 is 0. The normalized spacial score (nSPS) is 15.7. The van der Waals surface area contributed by atoms with E-state index in [0.717, 1.165) is 32.4 Å². The van der Waals surface area contributed by atoms with Crippen LogP contribution in [0.2, 0.25) is 0 Å². The van der Waals surface area contributed by atoms with Crippen molar-refractivity contribution in [3.8, 4) is 0 Å². The molecule has 0 aromatic rings. The summed E-state index contributed by atoms with van der Waals surface area (Å²) in [6.07, 6.45) is 5.59. The highest BCUT2D eigenvalue weighted by Crippen LogP contribution is 2.16. The topological polar surface area (TPSA) is 78.1 Å². The van der Waals surface area contributed by atoms with Gasteiger partial charge in [0.25, 0.3) is 0 Å². The number of hydrogen-bond acceptors (Lipinski definition) is 3. The molecule has 0 radical (unpaired) electrons. The van der Waals surface area contributed by atoms with Crippen LogP contribution in [-0.4, -0.2) is 19.1 Å². The molecular weight excluding hydrogens is 162 g/mol. The zero-order valence-electron chi connectivity index (χ0n) is 8.84. The van der Waals surface area contributed by atoms with Crippen molar-refractivity contribution in [3.05, 3.63) is 0 Å². The third-order valence-corrected chi connectivity index (χ3v) is 2.64. The van der Waals surface area contributed by atoms with Gasteiger partial charge in [0.2, 0.25) is 0 Å². The summed E-state index contributed by atoms with van der Waals surface area (Å²) in [7, 11) is 0. The van der Waals surface area contributed by atoms with Crippen molar-refractivity contribution in [2.24, 2.45) is 23.1 Å². The molecule has 0 heterocycles. The molecule has 0 aromatic carbocycles. The van der Waals surface area contributed by atoms with Gasteiger partial charge in [-0.15, -0.1) is 0 Å². The number of unbranched alkanes of at least 4 members (excludes halogenated alkanes) is 1. The van der Waals surface area contributed by atoms with Crippen molar-refractivity contribution in [3.63, 3.8) is 0 Å². The van der Waals surface area contributed by atoms with Gasteiger partial charge >= 0.3 is 0 Å². The van der Waals surface area contributed by atoms with Crippen molar-refractivity contribution < 1.29 is 0 Å². The molecule has 0 aliphatic heterocycles. The molecule has 3 heteroatoms. The van der Waals surface area contributed by atoms with E-state index < -0.39 is 0 Å². The van der Waals surface area contributed by atoms with Crippen LogP contribution in [0.5, 0.6) is 0 Å². The first-order valence-corrected chi connectivity index (χ1v) is 5.42. The number of nitrogens with two attached hydrogens (primary N) is 3. The van der Waals surface area contributed by atoms with E-state index in [9.17, 15) is 0 Å². The average Bonchev–Trinajstić information content (AvgIpc) is 2.16. The molecule has 0 aliphatic rings. The maximum absolute atomic E-state index is 6.00. The first-order valence-electron chi connectivity index (χ1n) is 5.42. The average molecular weight is 187 g/mol. The Kier molecular flexibility index (Phi) is 8.40. The van der Waals surface area contributed by atoms with Crippen LogP contribution in [0.15, 0.2) is 0 Å². The molecule has 0 spiro atoms. The summed E-state index contributed by atoms with van der Waals surface area (Å²) in [4.78, 5) is 0. The molecule has 0 saturated heterocycles. The lowest BCUT2D eigenvalue weighted by Gasteiger charge is -2.22. The van der Waals surface area contributed by atoms with Crippen LogP contribution in [0.4, 0.5) is 0 Å². The van der Waals surface area contributed by atoms with E-state index in [0.29, 0.717) is 12.0 Å². The largest absolute Gasteiger partial charge is 0.330 e. The molecule has 80 valence electrons. The predicted molar refractivity (Wildman–Crippen MR) is 58.3 cm³/mol. The van der Waals surface area contributed by atoms with Crippen molar-refractivity contribution >= 4 is 0 Å². The molecule has 0 aromatic heterocycles. The van der Waals surface area contributed by atoms with E-state index in [1.165, 1.54) is 12.8 Å². The second-order valence-corrected chi connectivity index (χ2v) is 3.69. The molecule has 0 aliphatic carbocycles. The summed E-state index contributed by atoms with van der Waals surface area (Å²) in [5.41, 5.74) is 17.0. The minimum atomic E-state index is 0.321. The molecule has 2 unspecified atom stereocenters. The van der Waals surface area contributed by atoms with E-state index in [2.05, 4.69) is 6.92 Å². The number of hydrogen-bond donors (Lipinski definition) is 3. The summed E-state index contributed by atoms with van der Waals surface area (Å²) >= 11 is 0. The lowest BCUT2D eigenvalue weighted by atomic mass is 9.90. The highest BCUT2D eigenvalue weighted by atomic mass is 14.7. The Labute approximate surface area is 82.0 Å². The monoisotopic (exact) mass is 187 g/mol. The van der Waals surface area contributed by atoms with Gasteiger partial charge in [-0.25, -0.2) is 0 Å². The summed E-state index contributed by atoms with van der Waals surface area (Å²) in [5.74, 6) is 0.599. The Morgan fingerprint density at radius 3 is 2.15 bits per heavy atom. The van der Waals surface area contributed by atoms with Gasteiger partial charge in [0.1, 0.15) is 0 Å². The van der Waals surface area contributed by atoms with E-state index in [1.54, 1.807) is 0 Å². The van der Waals surface area contributed by atoms with Gasteiger partial charge in [-0.2, -0.15) is 0 Å². The second kappa shape index (κ2) is 8.48. The van der Waals surface area contributed by atoms with Gasteiger partial charge in [0.05, 0.1) is 0 Å². The van der Waals surface area contributed by atoms with E-state index >= 15 is 0 Å². The summed E-state index contributed by atoms with van der Waals surface area (Å²) in [6.45, 7) is 3.68. The Morgan fingerprint density at radius 2 is 1.69 bits per heavy atom. The van der Waals surface area contributed by atoms with Crippen LogP contribution in [-0.2, 0) is 0 Å². The van der Waals surface area contributed by atoms with Gasteiger partial charge in [0, 0.05) is 6.04 Å². The van der Waals surface area contributed by atoms with Gasteiger partial charge in [-0.3, -0.25) is 0 Å². The van der Waals surface area contributed by atoms with Crippen LogP contribution in [0.3, 0.4) is 0 Å². The molecule has 0 bridgehead atoms. The lowest BCUT2D eigenvalue weighted by molar-refractivity contribution is 0.354. The van der Waals surface area contributed by atoms with Crippen LogP contribution >= 0.6 is 0 Å². The summed E-state index contributed by atoms with van der Waals surface area (Å²) in [6, 6.07) is 0.321. The molecule has 0 amide bonds. The van der Waals surface area contributed by atoms with Crippen LogP contribution in [0.25, 0.3) is 0 Å². The minimum Gasteiger partial charge on any atom is -0.330 e. The Morgan fingerprint density at radius 1 is 1.00 bits per heavy atom. The third-order valence-electron chi connectivity index (χ3n) is 2.64. The predicted octanol–water partition coefficient (Wildman–Crippen LogP) is 0.818. The molecular formula is C10H25N3. The lowest BCUT2D eigenvalue weighted by Crippen LogP contribution is -2.31. The fourth-order valence-electron chi connectivity index (χ4n) is 1.67. The highest BCUT2D eigenvalue weighted by Gasteiger charge is 2.14. The second-order valence-electron chi connectivity index (χ2n) is 3.69. The summed E-state index contributed by atoms with van der Waals surface area (Å²) in [5, 5.41) is 0. The Hall–Kier alpha value is -0.120. The van der Waals surface area contributed by atoms with Crippen molar-refractivity contribution in [2.75, 3.05) is 13.1 Å². The van der Waals surface area contributed by atoms with Gasteiger partial charge < -0.3 is 17.2 Å². The fourth-order valence-corrected chi connectivity index (χ4v) is 1.67. The maximum Gasteiger partial charge on any atom is 0.00650 e. The van der Waals surface area contributed by atoms with Crippen LogP contribution < -0.4 is 17.2 Å². The maximum atomic E-state index is 6.00. The number of rotatable bonds is 8. The van der Waals surface area contributed by atoms with Crippen LogP contribution in [0.1, 0.15) is 39.0 Å². The zero-order chi connectivity index (χ0) is 10.1. The van der Waals surface area contributed by atoms with Gasteiger partial charge in [-0.05, 0) is 44.7 Å². The standard InChI is InChI=1S/C10H25N3/c1-2-10(13)9(6-8-12)5-3-4-7-11/h9-10H,2-8,11-13H2,1H3. The van der Waals surface area contributed by atoms with Gasteiger partial charge in [0.15, 0.2) is 0 Å². The third kappa shape index (κ3) is 6.02. The highest BCUT2D eigenvalue weighted by molar-refractivity contribution is 4.72. The smallest absolute Gasteiger partial charge is 0.00650 e. The van der Waals surface area contributed by atoms with Crippen molar-refractivity contribution in [2.45, 2.75) is 45.1 Å². The van der Waals surface area contributed by atoms with Gasteiger partial charge in [-0.1, -0.05) is 13.3 Å². The molecule has 13 heavy (non-hydrogen) atoms. The first-order chi connectivity index (χ1) is 6.26. The quantitative estimate of drug-likeness (QED) is 0.492. The van der Waals surface area contributed by atoms with E-state index in [4.69, 9.17) is 17.2 Å². The molecule has 0 fully saturated rings. The SMILES string of the molecule is CCC(N)C(CCN)CCCCN.